The molecule has 12 aromatic rings. The molecule has 6 aromatic carbocycles. The molecule has 0 fully saturated rings. The fourth-order valence-electron chi connectivity index (χ4n) is 9.05. The summed E-state index contributed by atoms with van der Waals surface area (Å²) in [6, 6.07) is 62.7. The van der Waals surface area contributed by atoms with Crippen LogP contribution in [0.4, 0.5) is 0 Å². The Bertz CT molecular complexity index is 3820. The van der Waals surface area contributed by atoms with E-state index in [4.69, 9.17) is 9.97 Å². The Balaban J connectivity index is 0.956. The number of hydrogen-bond acceptors (Lipinski definition) is 4. The average Bonchev–Trinajstić information content (AvgIpc) is 3.98. The first kappa shape index (κ1) is 36.6. The standard InChI is InChI=1S/C57H37N5S/c1-37-54(63-55-24-13-29-59-57(37)55)23-12-14-38-30-44(36-58-35-38)61-50-21-10-8-19-45(50)47-31-41(25-27-52(47)61)42-26-28-53-48(32-42)46-20-9-11-22-51(46)62(53)56-34-43(39-15-4-2-5-16-39)33-49(60-56)40-17-6-3-7-18-40/h2-36H,1H2/b14-12+,54-23+. The fraction of sp³-hybridized carbons (Fsp3) is 0. The number of thiophene rings is 1. The molecule has 0 bridgehead atoms. The van der Waals surface area contributed by atoms with Gasteiger partial charge in [0.05, 0.1) is 49.9 Å². The monoisotopic (exact) mass is 823 g/mol. The zero-order valence-corrected chi connectivity index (χ0v) is 34.9. The molecule has 0 amide bonds. The Hall–Kier alpha value is -8.19. The van der Waals surface area contributed by atoms with E-state index in [1.165, 1.54) is 21.5 Å². The minimum atomic E-state index is 0.886. The van der Waals surface area contributed by atoms with Crippen molar-refractivity contribution in [1.82, 2.24) is 24.1 Å². The molecule has 0 aliphatic carbocycles. The van der Waals surface area contributed by atoms with Gasteiger partial charge in [-0.05, 0) is 101 Å². The van der Waals surface area contributed by atoms with E-state index in [2.05, 4.69) is 203 Å². The van der Waals surface area contributed by atoms with Crippen LogP contribution in [0.5, 0.6) is 0 Å². The zero-order chi connectivity index (χ0) is 41.9. The molecule has 0 aliphatic heterocycles. The van der Waals surface area contributed by atoms with E-state index in [1.807, 2.05) is 30.7 Å². The number of rotatable bonds is 7. The highest BCUT2D eigenvalue weighted by atomic mass is 32.1. The summed E-state index contributed by atoms with van der Waals surface area (Å²) in [6.45, 7) is 4.29. The molecule has 0 spiro atoms. The lowest BCUT2D eigenvalue weighted by Gasteiger charge is -2.13. The van der Waals surface area contributed by atoms with Crippen LogP contribution in [0.3, 0.4) is 0 Å². The van der Waals surface area contributed by atoms with Crippen molar-refractivity contribution in [1.29, 1.82) is 0 Å². The molecule has 12 rings (SSSR count). The number of allylic oxidation sites excluding steroid dienone is 1. The van der Waals surface area contributed by atoms with Crippen LogP contribution in [-0.4, -0.2) is 24.1 Å². The molecule has 0 unspecified atom stereocenters. The summed E-state index contributed by atoms with van der Waals surface area (Å²) in [5, 5.41) is 5.72. The van der Waals surface area contributed by atoms with Crippen LogP contribution in [0.15, 0.2) is 201 Å². The first-order chi connectivity index (χ1) is 31.1. The zero-order valence-electron chi connectivity index (χ0n) is 34.1. The van der Waals surface area contributed by atoms with Gasteiger partial charge in [-0.2, -0.15) is 0 Å². The van der Waals surface area contributed by atoms with E-state index in [1.54, 1.807) is 11.3 Å². The van der Waals surface area contributed by atoms with Crippen molar-refractivity contribution < 1.29 is 0 Å². The molecule has 6 heteroatoms. The van der Waals surface area contributed by atoms with E-state index in [-0.39, 0.29) is 0 Å². The Morgan fingerprint density at radius 3 is 1.86 bits per heavy atom. The summed E-state index contributed by atoms with van der Waals surface area (Å²) in [7, 11) is 0. The molecule has 6 aromatic heterocycles. The highest BCUT2D eigenvalue weighted by molar-refractivity contribution is 7.17. The Kier molecular flexibility index (Phi) is 8.76. The second kappa shape index (κ2) is 15.1. The van der Waals surface area contributed by atoms with Gasteiger partial charge in [0.2, 0.25) is 0 Å². The van der Waals surface area contributed by atoms with E-state index in [9.17, 15) is 0 Å². The van der Waals surface area contributed by atoms with Gasteiger partial charge < -0.3 is 4.57 Å². The minimum Gasteiger partial charge on any atom is -0.308 e. The fourth-order valence-corrected chi connectivity index (χ4v) is 10.1. The number of hydrogen-bond donors (Lipinski definition) is 0. The van der Waals surface area contributed by atoms with Gasteiger partial charge in [0.15, 0.2) is 0 Å². The molecule has 0 saturated carbocycles. The predicted octanol–water partition coefficient (Wildman–Crippen LogP) is 13.2. The minimum absolute atomic E-state index is 0.886. The van der Waals surface area contributed by atoms with Crippen LogP contribution in [0.25, 0.3) is 118 Å². The maximum absolute atomic E-state index is 5.33. The van der Waals surface area contributed by atoms with Gasteiger partial charge in [-0.15, -0.1) is 11.3 Å². The van der Waals surface area contributed by atoms with Crippen molar-refractivity contribution >= 4 is 83.9 Å². The number of pyridine rings is 3. The Morgan fingerprint density at radius 1 is 0.508 bits per heavy atom. The highest BCUT2D eigenvalue weighted by Gasteiger charge is 2.18. The number of benzene rings is 6. The first-order valence-electron chi connectivity index (χ1n) is 21.0. The van der Waals surface area contributed by atoms with Gasteiger partial charge in [0.1, 0.15) is 5.82 Å². The van der Waals surface area contributed by atoms with E-state index in [0.29, 0.717) is 0 Å². The van der Waals surface area contributed by atoms with Gasteiger partial charge in [0.25, 0.3) is 0 Å². The number of fused-ring (bicyclic) bond motifs is 7. The van der Waals surface area contributed by atoms with Crippen LogP contribution in [0, 0.1) is 0 Å². The first-order valence-corrected chi connectivity index (χ1v) is 21.8. The quantitative estimate of drug-likeness (QED) is 0.161. The van der Waals surface area contributed by atoms with Crippen LogP contribution in [0.1, 0.15) is 5.56 Å². The molecule has 6 heterocycles. The number of nitrogens with zero attached hydrogens (tertiary/aromatic N) is 5. The molecule has 0 aliphatic rings. The number of aromatic nitrogens is 5. The normalized spacial score (nSPS) is 12.2. The number of para-hydroxylation sites is 2. The summed E-state index contributed by atoms with van der Waals surface area (Å²) in [5.74, 6) is 0.886. The van der Waals surface area contributed by atoms with Gasteiger partial charge >= 0.3 is 0 Å². The SMILES string of the molecule is C=c1/c(=C\C=C\c2cncc(-n3c4ccccc4c4cc(-c5ccc6c(c5)c5ccccc5n6-c5cc(-c6ccccc6)cc(-c6ccccc6)n5)ccc43)c2)sc2cccnc12. The Morgan fingerprint density at radius 2 is 1.14 bits per heavy atom. The lowest BCUT2D eigenvalue weighted by molar-refractivity contribution is 1.08. The van der Waals surface area contributed by atoms with E-state index >= 15 is 0 Å². The molecule has 63 heavy (non-hydrogen) atoms. The molecule has 5 nitrogen and oxygen atoms in total. The van der Waals surface area contributed by atoms with Crippen molar-refractivity contribution in [2.45, 2.75) is 0 Å². The smallest absolute Gasteiger partial charge is 0.138 e. The summed E-state index contributed by atoms with van der Waals surface area (Å²) in [5.41, 5.74) is 14.1. The van der Waals surface area contributed by atoms with E-state index in [0.717, 1.165) is 92.6 Å². The van der Waals surface area contributed by atoms with Crippen LogP contribution < -0.4 is 9.75 Å². The lowest BCUT2D eigenvalue weighted by Crippen LogP contribution is -2.16. The van der Waals surface area contributed by atoms with Crippen molar-refractivity contribution in [3.05, 3.63) is 216 Å². The topological polar surface area (TPSA) is 48.5 Å². The molecule has 0 N–H and O–H groups in total. The van der Waals surface area contributed by atoms with Crippen molar-refractivity contribution in [3.63, 3.8) is 0 Å². The molecule has 296 valence electrons. The average molecular weight is 824 g/mol. The van der Waals surface area contributed by atoms with E-state index < -0.39 is 0 Å². The summed E-state index contributed by atoms with van der Waals surface area (Å²) >= 11 is 1.71. The Labute approximate surface area is 367 Å². The lowest BCUT2D eigenvalue weighted by atomic mass is 10.0. The predicted molar refractivity (Wildman–Crippen MR) is 265 cm³/mol. The maximum atomic E-state index is 5.33. The van der Waals surface area contributed by atoms with Crippen molar-refractivity contribution in [2.75, 3.05) is 0 Å². The van der Waals surface area contributed by atoms with Crippen molar-refractivity contribution in [3.8, 4) is 45.0 Å². The second-order valence-electron chi connectivity index (χ2n) is 15.8. The molecule has 0 atom stereocenters. The maximum Gasteiger partial charge on any atom is 0.138 e. The molecular formula is C57H37N5S. The molecular weight excluding hydrogens is 787 g/mol. The highest BCUT2D eigenvalue weighted by Crippen LogP contribution is 2.39. The molecule has 0 radical (unpaired) electrons. The molecule has 0 saturated heterocycles. The van der Waals surface area contributed by atoms with Crippen LogP contribution >= 0.6 is 11.3 Å². The van der Waals surface area contributed by atoms with Gasteiger partial charge in [-0.25, -0.2) is 4.98 Å². The van der Waals surface area contributed by atoms with Gasteiger partial charge in [0, 0.05) is 49.3 Å². The van der Waals surface area contributed by atoms with Crippen LogP contribution in [0.2, 0.25) is 0 Å². The summed E-state index contributed by atoms with van der Waals surface area (Å²) < 4.78 is 6.89. The largest absolute Gasteiger partial charge is 0.308 e. The van der Waals surface area contributed by atoms with Gasteiger partial charge in [-0.3, -0.25) is 14.5 Å². The summed E-state index contributed by atoms with van der Waals surface area (Å²) in [4.78, 5) is 14.6. The third kappa shape index (κ3) is 6.35. The van der Waals surface area contributed by atoms with Crippen molar-refractivity contribution in [2.24, 2.45) is 0 Å². The second-order valence-corrected chi connectivity index (χ2v) is 16.9. The third-order valence-electron chi connectivity index (χ3n) is 12.0. The third-order valence-corrected chi connectivity index (χ3v) is 13.2. The van der Waals surface area contributed by atoms with Gasteiger partial charge in [-0.1, -0.05) is 128 Å². The summed E-state index contributed by atoms with van der Waals surface area (Å²) in [6.07, 6.45) is 12.0. The van der Waals surface area contributed by atoms with Crippen LogP contribution in [-0.2, 0) is 0 Å².